The molecule has 1 N–H and O–H groups in total. The predicted molar refractivity (Wildman–Crippen MR) is 65.3 cm³/mol. The van der Waals surface area contributed by atoms with E-state index in [-0.39, 0.29) is 0 Å². The lowest BCUT2D eigenvalue weighted by molar-refractivity contribution is 0.145. The van der Waals surface area contributed by atoms with E-state index in [1.807, 2.05) is 32.8 Å². The number of pyridine rings is 1. The van der Waals surface area contributed by atoms with Gasteiger partial charge in [-0.25, -0.2) is 9.78 Å². The smallest absolute Gasteiger partial charge is 0.407 e. The van der Waals surface area contributed by atoms with Crippen LogP contribution in [-0.2, 0) is 13.1 Å². The normalized spacial score (nSPS) is 13.8. The van der Waals surface area contributed by atoms with Crippen LogP contribution in [0.1, 0.15) is 22.4 Å². The Kier molecular flexibility index (Phi) is 2.69. The van der Waals surface area contributed by atoms with Crippen molar-refractivity contribution in [3.63, 3.8) is 0 Å². The molecule has 0 atom stereocenters. The molecule has 0 aliphatic carbocycles. The first-order valence-corrected chi connectivity index (χ1v) is 5.56. The molecule has 2 rings (SSSR count). The van der Waals surface area contributed by atoms with Gasteiger partial charge in [-0.15, -0.1) is 0 Å². The van der Waals surface area contributed by atoms with Gasteiger partial charge in [0.15, 0.2) is 0 Å². The third-order valence-corrected chi connectivity index (χ3v) is 3.30. The summed E-state index contributed by atoms with van der Waals surface area (Å²) in [6.07, 6.45) is -0.872. The Morgan fingerprint density at radius 3 is 2.41 bits per heavy atom. The van der Waals surface area contributed by atoms with Crippen LogP contribution in [0, 0.1) is 13.8 Å². The number of amides is 1. The van der Waals surface area contributed by atoms with Gasteiger partial charge in [0.05, 0.1) is 13.1 Å². The summed E-state index contributed by atoms with van der Waals surface area (Å²) in [5.74, 6) is 0.881. The number of rotatable bonds is 1. The SMILES string of the molecule is Cc1nc(N(C)C)c2c(c1C)CN(C(=O)O)C2. The van der Waals surface area contributed by atoms with E-state index < -0.39 is 6.09 Å². The molecule has 92 valence electrons. The Balaban J connectivity index is 2.54. The molecule has 1 aromatic rings. The van der Waals surface area contributed by atoms with Crippen molar-refractivity contribution in [2.45, 2.75) is 26.9 Å². The van der Waals surface area contributed by atoms with Crippen LogP contribution >= 0.6 is 0 Å². The first-order valence-electron chi connectivity index (χ1n) is 5.56. The molecule has 1 aliphatic heterocycles. The predicted octanol–water partition coefficient (Wildman–Crippen LogP) is 1.76. The molecule has 1 amide bonds. The lowest BCUT2D eigenvalue weighted by Crippen LogP contribution is -2.23. The monoisotopic (exact) mass is 235 g/mol. The second-order valence-electron chi connectivity index (χ2n) is 4.64. The second kappa shape index (κ2) is 3.91. The molecule has 17 heavy (non-hydrogen) atoms. The topological polar surface area (TPSA) is 56.7 Å². The van der Waals surface area contributed by atoms with Crippen molar-refractivity contribution in [2.75, 3.05) is 19.0 Å². The van der Waals surface area contributed by atoms with Crippen molar-refractivity contribution in [1.29, 1.82) is 0 Å². The standard InChI is InChI=1S/C12H17N3O2/c1-7-8(2)13-11(14(3)4)10-6-15(12(16)17)5-9(7)10/h5-6H2,1-4H3,(H,16,17). The summed E-state index contributed by atoms with van der Waals surface area (Å²) in [4.78, 5) is 18.9. The van der Waals surface area contributed by atoms with Gasteiger partial charge in [0, 0.05) is 25.4 Å². The minimum atomic E-state index is -0.872. The summed E-state index contributed by atoms with van der Waals surface area (Å²) in [5, 5.41) is 9.07. The summed E-state index contributed by atoms with van der Waals surface area (Å²) in [6, 6.07) is 0. The number of hydrogen-bond donors (Lipinski definition) is 1. The van der Waals surface area contributed by atoms with Crippen LogP contribution in [0.25, 0.3) is 0 Å². The van der Waals surface area contributed by atoms with E-state index in [9.17, 15) is 4.79 Å². The molecule has 5 heteroatoms. The van der Waals surface area contributed by atoms with Gasteiger partial charge in [0.25, 0.3) is 0 Å². The fourth-order valence-electron chi connectivity index (χ4n) is 2.21. The number of aromatic nitrogens is 1. The van der Waals surface area contributed by atoms with Gasteiger partial charge in [-0.1, -0.05) is 0 Å². The molecule has 1 aromatic heterocycles. The molecule has 1 aliphatic rings. The van der Waals surface area contributed by atoms with E-state index in [0.29, 0.717) is 13.1 Å². The zero-order valence-electron chi connectivity index (χ0n) is 10.6. The van der Waals surface area contributed by atoms with Gasteiger partial charge in [0.2, 0.25) is 0 Å². The molecule has 0 saturated carbocycles. The quantitative estimate of drug-likeness (QED) is 0.805. The van der Waals surface area contributed by atoms with Gasteiger partial charge in [-0.05, 0) is 25.0 Å². The van der Waals surface area contributed by atoms with Crippen LogP contribution in [0.2, 0.25) is 0 Å². The van der Waals surface area contributed by atoms with Crippen LogP contribution in [-0.4, -0.2) is 35.2 Å². The summed E-state index contributed by atoms with van der Waals surface area (Å²) in [6.45, 7) is 4.88. The van der Waals surface area contributed by atoms with Crippen molar-refractivity contribution in [3.05, 3.63) is 22.4 Å². The Labute approximate surface area is 101 Å². The van der Waals surface area contributed by atoms with Crippen LogP contribution in [0.15, 0.2) is 0 Å². The number of anilines is 1. The fraction of sp³-hybridized carbons (Fsp3) is 0.500. The van der Waals surface area contributed by atoms with Crippen molar-refractivity contribution >= 4 is 11.9 Å². The molecule has 0 saturated heterocycles. The van der Waals surface area contributed by atoms with Gasteiger partial charge in [-0.2, -0.15) is 0 Å². The number of fused-ring (bicyclic) bond motifs is 1. The molecular formula is C12H17N3O2. The van der Waals surface area contributed by atoms with Gasteiger partial charge in [0.1, 0.15) is 5.82 Å². The molecule has 0 unspecified atom stereocenters. The molecule has 2 heterocycles. The van der Waals surface area contributed by atoms with Crippen molar-refractivity contribution in [3.8, 4) is 0 Å². The fourth-order valence-corrected chi connectivity index (χ4v) is 2.21. The zero-order valence-corrected chi connectivity index (χ0v) is 10.6. The third kappa shape index (κ3) is 1.81. The molecule has 0 bridgehead atoms. The number of carbonyl (C=O) groups is 1. The minimum Gasteiger partial charge on any atom is -0.465 e. The highest BCUT2D eigenvalue weighted by Gasteiger charge is 2.28. The zero-order chi connectivity index (χ0) is 12.7. The second-order valence-corrected chi connectivity index (χ2v) is 4.64. The van der Waals surface area contributed by atoms with E-state index in [1.165, 1.54) is 4.90 Å². The number of hydrogen-bond acceptors (Lipinski definition) is 3. The Morgan fingerprint density at radius 1 is 1.29 bits per heavy atom. The number of nitrogens with zero attached hydrogens (tertiary/aromatic N) is 3. The number of aryl methyl sites for hydroxylation is 1. The maximum absolute atomic E-state index is 11.0. The van der Waals surface area contributed by atoms with E-state index in [1.54, 1.807) is 0 Å². The molecule has 0 spiro atoms. The van der Waals surface area contributed by atoms with Crippen molar-refractivity contribution in [1.82, 2.24) is 9.88 Å². The average molecular weight is 235 g/mol. The Morgan fingerprint density at radius 2 is 1.88 bits per heavy atom. The highest BCUT2D eigenvalue weighted by molar-refractivity contribution is 5.68. The lowest BCUT2D eigenvalue weighted by atomic mass is 10.0. The summed E-state index contributed by atoms with van der Waals surface area (Å²) >= 11 is 0. The first kappa shape index (κ1) is 11.7. The largest absolute Gasteiger partial charge is 0.465 e. The number of carboxylic acid groups (broad SMARTS) is 1. The first-order chi connectivity index (χ1) is 7.91. The van der Waals surface area contributed by atoms with Gasteiger partial charge < -0.3 is 10.0 Å². The molecular weight excluding hydrogens is 218 g/mol. The maximum Gasteiger partial charge on any atom is 0.407 e. The van der Waals surface area contributed by atoms with E-state index in [2.05, 4.69) is 4.98 Å². The molecule has 0 aromatic carbocycles. The van der Waals surface area contributed by atoms with Gasteiger partial charge in [-0.3, -0.25) is 4.90 Å². The van der Waals surface area contributed by atoms with E-state index >= 15 is 0 Å². The average Bonchev–Trinajstić information content (AvgIpc) is 2.67. The maximum atomic E-state index is 11.0. The lowest BCUT2D eigenvalue weighted by Gasteiger charge is -2.17. The van der Waals surface area contributed by atoms with Crippen LogP contribution in [0.3, 0.4) is 0 Å². The highest BCUT2D eigenvalue weighted by Crippen LogP contribution is 2.32. The molecule has 0 fully saturated rings. The molecule has 5 nitrogen and oxygen atoms in total. The van der Waals surface area contributed by atoms with Crippen LogP contribution in [0.4, 0.5) is 10.6 Å². The van der Waals surface area contributed by atoms with Gasteiger partial charge >= 0.3 is 6.09 Å². The highest BCUT2D eigenvalue weighted by atomic mass is 16.4. The summed E-state index contributed by atoms with van der Waals surface area (Å²) in [5.41, 5.74) is 4.23. The van der Waals surface area contributed by atoms with Crippen LogP contribution < -0.4 is 4.90 Å². The van der Waals surface area contributed by atoms with Crippen molar-refractivity contribution < 1.29 is 9.90 Å². The summed E-state index contributed by atoms with van der Waals surface area (Å²) in [7, 11) is 3.86. The van der Waals surface area contributed by atoms with E-state index in [4.69, 9.17) is 5.11 Å². The minimum absolute atomic E-state index is 0.437. The van der Waals surface area contributed by atoms with Crippen molar-refractivity contribution in [2.24, 2.45) is 0 Å². The van der Waals surface area contributed by atoms with Crippen LogP contribution in [0.5, 0.6) is 0 Å². The molecule has 0 radical (unpaired) electrons. The third-order valence-electron chi connectivity index (χ3n) is 3.30. The summed E-state index contributed by atoms with van der Waals surface area (Å²) < 4.78 is 0. The van der Waals surface area contributed by atoms with E-state index in [0.717, 1.165) is 28.2 Å². The Hall–Kier alpha value is -1.78. The Bertz CT molecular complexity index is 483.